The van der Waals surface area contributed by atoms with Crippen LogP contribution in [0.4, 0.5) is 5.69 Å². The second-order valence-electron chi connectivity index (χ2n) is 10.4. The Balaban J connectivity index is 1.63. The summed E-state index contributed by atoms with van der Waals surface area (Å²) in [7, 11) is 7.82. The van der Waals surface area contributed by atoms with Crippen molar-refractivity contribution in [1.29, 1.82) is 0 Å². The lowest BCUT2D eigenvalue weighted by molar-refractivity contribution is 0.131. The molecular weight excluding hydrogens is 528 g/mol. The van der Waals surface area contributed by atoms with Crippen LogP contribution >= 0.6 is 0 Å². The molecule has 0 aliphatic heterocycles. The quantitative estimate of drug-likeness (QED) is 0.149. The van der Waals surface area contributed by atoms with Gasteiger partial charge in [0, 0.05) is 38.0 Å². The number of hydrogen-bond acceptors (Lipinski definition) is 4. The van der Waals surface area contributed by atoms with Crippen LogP contribution in [0.3, 0.4) is 0 Å². The number of anilines is 1. The lowest BCUT2D eigenvalue weighted by Gasteiger charge is -2.27. The van der Waals surface area contributed by atoms with Crippen molar-refractivity contribution in [2.24, 2.45) is 0 Å². The minimum absolute atomic E-state index is 0.370. The van der Waals surface area contributed by atoms with Crippen LogP contribution in [-0.2, 0) is 16.1 Å². The summed E-state index contributed by atoms with van der Waals surface area (Å²) in [6.07, 6.45) is 0. The fourth-order valence-electron chi connectivity index (χ4n) is 5.26. The van der Waals surface area contributed by atoms with Crippen molar-refractivity contribution in [3.63, 3.8) is 0 Å². The Morgan fingerprint density at radius 1 is 0.512 bits per heavy atom. The molecule has 0 amide bonds. The number of para-hydroxylation sites is 1. The summed E-state index contributed by atoms with van der Waals surface area (Å²) in [4.78, 5) is 4.14. The first-order valence-corrected chi connectivity index (χ1v) is 14.4. The average molecular weight is 567 g/mol. The van der Waals surface area contributed by atoms with Crippen LogP contribution in [0.1, 0.15) is 27.8 Å². The number of benzene rings is 5. The lowest BCUT2D eigenvalue weighted by atomic mass is 9.93. The molecule has 0 radical (unpaired) electrons. The van der Waals surface area contributed by atoms with Crippen LogP contribution < -0.4 is 4.90 Å². The molecule has 0 fully saturated rings. The van der Waals surface area contributed by atoms with E-state index in [0.29, 0.717) is 6.61 Å². The summed E-state index contributed by atoms with van der Waals surface area (Å²) in [6, 6.07) is 49.9. The van der Waals surface area contributed by atoms with Gasteiger partial charge in [-0.1, -0.05) is 133 Å². The highest BCUT2D eigenvalue weighted by Gasteiger charge is 2.22. The highest BCUT2D eigenvalue weighted by atomic mass is 16.5. The largest absolute Gasteiger partial charge is 0.482 e. The van der Waals surface area contributed by atoms with E-state index in [1.54, 1.807) is 7.11 Å². The zero-order valence-electron chi connectivity index (χ0n) is 25.3. The maximum Gasteiger partial charge on any atom is 0.202 e. The van der Waals surface area contributed by atoms with Gasteiger partial charge in [-0.25, -0.2) is 0 Å². The highest BCUT2D eigenvalue weighted by molar-refractivity contribution is 5.85. The van der Waals surface area contributed by atoms with Crippen LogP contribution in [0.2, 0.25) is 0 Å². The molecule has 5 aromatic rings. The topological polar surface area (TPSA) is 24.9 Å². The molecule has 0 saturated carbocycles. The third kappa shape index (κ3) is 6.82. The molecular formula is C39H38N2O2. The van der Waals surface area contributed by atoms with Crippen molar-refractivity contribution in [3.05, 3.63) is 185 Å². The fourth-order valence-corrected chi connectivity index (χ4v) is 5.26. The summed E-state index contributed by atoms with van der Waals surface area (Å²) in [5.74, 6) is 1.55. The number of nitrogens with zero attached hydrogens (tertiary/aromatic N) is 2. The summed E-state index contributed by atoms with van der Waals surface area (Å²) >= 11 is 0. The molecule has 216 valence electrons. The van der Waals surface area contributed by atoms with Crippen LogP contribution in [0.15, 0.2) is 157 Å². The van der Waals surface area contributed by atoms with Gasteiger partial charge in [0.05, 0.1) is 7.11 Å². The van der Waals surface area contributed by atoms with E-state index in [4.69, 9.17) is 9.47 Å². The van der Waals surface area contributed by atoms with Crippen LogP contribution in [0, 0.1) is 0 Å². The van der Waals surface area contributed by atoms with Gasteiger partial charge in [-0.3, -0.25) is 0 Å². The summed E-state index contributed by atoms with van der Waals surface area (Å²) in [5.41, 5.74) is 8.44. The molecule has 5 aromatic carbocycles. The smallest absolute Gasteiger partial charge is 0.202 e. The summed E-state index contributed by atoms with van der Waals surface area (Å²) < 4.78 is 12.9. The van der Waals surface area contributed by atoms with Gasteiger partial charge in [0.2, 0.25) is 5.88 Å². The van der Waals surface area contributed by atoms with Crippen molar-refractivity contribution in [1.82, 2.24) is 4.90 Å². The first-order chi connectivity index (χ1) is 21.1. The van der Waals surface area contributed by atoms with Gasteiger partial charge in [-0.2, -0.15) is 0 Å². The second kappa shape index (κ2) is 14.1. The van der Waals surface area contributed by atoms with Crippen LogP contribution in [0.5, 0.6) is 0 Å². The van der Waals surface area contributed by atoms with Gasteiger partial charge in [0.25, 0.3) is 0 Å². The van der Waals surface area contributed by atoms with Crippen molar-refractivity contribution in [2.75, 3.05) is 33.2 Å². The first-order valence-electron chi connectivity index (χ1n) is 14.4. The summed E-state index contributed by atoms with van der Waals surface area (Å²) in [6.45, 7) is 0.370. The molecule has 43 heavy (non-hydrogen) atoms. The molecule has 0 unspecified atom stereocenters. The molecule has 0 atom stereocenters. The number of ether oxygens (including phenoxy) is 2. The molecule has 0 aliphatic carbocycles. The monoisotopic (exact) mass is 566 g/mol. The van der Waals surface area contributed by atoms with E-state index < -0.39 is 0 Å². The van der Waals surface area contributed by atoms with E-state index in [0.717, 1.165) is 56.4 Å². The van der Waals surface area contributed by atoms with Crippen LogP contribution in [0.25, 0.3) is 11.1 Å². The van der Waals surface area contributed by atoms with Crippen LogP contribution in [-0.4, -0.2) is 33.2 Å². The minimum Gasteiger partial charge on any atom is -0.482 e. The predicted octanol–water partition coefficient (Wildman–Crippen LogP) is 8.68. The third-order valence-corrected chi connectivity index (χ3v) is 7.31. The molecule has 0 spiro atoms. The van der Waals surface area contributed by atoms with Crippen molar-refractivity contribution < 1.29 is 9.47 Å². The van der Waals surface area contributed by atoms with Gasteiger partial charge in [-0.15, -0.1) is 0 Å². The zero-order chi connectivity index (χ0) is 30.0. The van der Waals surface area contributed by atoms with E-state index in [2.05, 4.69) is 119 Å². The first kappa shape index (κ1) is 29.3. The SMILES string of the molecule is CO/C(=C(/c1ccccc1)c1ccccc1COC(=C(c1ccccc1)c1ccccc1)N(C)C)N(C)c1ccccc1. The number of methoxy groups -OCH3 is 1. The Morgan fingerprint density at radius 2 is 0.953 bits per heavy atom. The minimum atomic E-state index is 0.370. The average Bonchev–Trinajstić information content (AvgIpc) is 3.07. The van der Waals surface area contributed by atoms with Gasteiger partial charge in [0.1, 0.15) is 6.61 Å². The molecule has 0 bridgehead atoms. The molecule has 0 N–H and O–H groups in total. The standard InChI is InChI=1S/C39H38N2O2/c1-40(2)38(36(30-19-9-5-10-20-30)31-21-11-6-12-22-31)43-29-33-25-17-18-28-35(33)37(32-23-13-7-14-24-32)39(42-4)41(3)34-26-15-8-16-27-34/h5-28H,29H2,1-4H3/b39-37-. The Hall–Kier alpha value is -5.22. The van der Waals surface area contributed by atoms with E-state index in [-0.39, 0.29) is 0 Å². The van der Waals surface area contributed by atoms with Crippen molar-refractivity contribution >= 4 is 16.8 Å². The Labute approximate surface area is 255 Å². The molecule has 0 aromatic heterocycles. The highest BCUT2D eigenvalue weighted by Crippen LogP contribution is 2.34. The van der Waals surface area contributed by atoms with E-state index in [9.17, 15) is 0 Å². The van der Waals surface area contributed by atoms with Crippen molar-refractivity contribution in [3.8, 4) is 0 Å². The normalized spacial score (nSPS) is 11.3. The Kier molecular flexibility index (Phi) is 9.60. The molecule has 0 heterocycles. The maximum absolute atomic E-state index is 6.77. The van der Waals surface area contributed by atoms with Gasteiger partial charge >= 0.3 is 0 Å². The van der Waals surface area contributed by atoms with Gasteiger partial charge in [-0.05, 0) is 39.9 Å². The lowest BCUT2D eigenvalue weighted by Crippen LogP contribution is -2.20. The van der Waals surface area contributed by atoms with Gasteiger partial charge < -0.3 is 19.3 Å². The summed E-state index contributed by atoms with van der Waals surface area (Å²) in [5, 5.41) is 0. The zero-order valence-corrected chi connectivity index (χ0v) is 25.3. The number of rotatable bonds is 11. The third-order valence-electron chi connectivity index (χ3n) is 7.31. The Morgan fingerprint density at radius 3 is 1.44 bits per heavy atom. The van der Waals surface area contributed by atoms with Crippen molar-refractivity contribution in [2.45, 2.75) is 6.61 Å². The second-order valence-corrected chi connectivity index (χ2v) is 10.4. The number of hydrogen-bond donors (Lipinski definition) is 0. The molecule has 0 saturated heterocycles. The van der Waals surface area contributed by atoms with E-state index in [1.165, 1.54) is 0 Å². The predicted molar refractivity (Wildman–Crippen MR) is 178 cm³/mol. The molecule has 4 nitrogen and oxygen atoms in total. The van der Waals surface area contributed by atoms with Gasteiger partial charge in [0.15, 0.2) is 5.88 Å². The Bertz CT molecular complexity index is 1620. The maximum atomic E-state index is 6.77. The van der Waals surface area contributed by atoms with E-state index in [1.807, 2.05) is 57.5 Å². The molecule has 5 rings (SSSR count). The fraction of sp³-hybridized carbons (Fsp3) is 0.128. The molecule has 4 heteroatoms. The van der Waals surface area contributed by atoms with E-state index >= 15 is 0 Å². The molecule has 0 aliphatic rings.